The van der Waals surface area contributed by atoms with Crippen molar-refractivity contribution in [2.24, 2.45) is 0 Å². The number of hydrazine groups is 1. The summed E-state index contributed by atoms with van der Waals surface area (Å²) in [6.07, 6.45) is 4.97. The molecule has 2 aromatic rings. The Morgan fingerprint density at radius 2 is 1.60 bits per heavy atom. The van der Waals surface area contributed by atoms with Crippen molar-refractivity contribution in [2.75, 3.05) is 13.2 Å². The minimum Gasteiger partial charge on any atom is -0.494 e. The van der Waals surface area contributed by atoms with Crippen LogP contribution in [0, 0.1) is 0 Å². The van der Waals surface area contributed by atoms with Gasteiger partial charge in [-0.05, 0) is 48.5 Å². The lowest BCUT2D eigenvalue weighted by Crippen LogP contribution is -2.48. The second kappa shape index (κ2) is 16.2. The normalized spacial score (nSPS) is 10.2. The van der Waals surface area contributed by atoms with Crippen LogP contribution in [-0.4, -0.2) is 36.1 Å². The van der Waals surface area contributed by atoms with Crippen molar-refractivity contribution in [3.63, 3.8) is 0 Å². The van der Waals surface area contributed by atoms with Gasteiger partial charge in [0.05, 0.1) is 19.6 Å². The van der Waals surface area contributed by atoms with Gasteiger partial charge in [-0.25, -0.2) is 0 Å². The van der Waals surface area contributed by atoms with Gasteiger partial charge in [0.1, 0.15) is 5.75 Å². The number of hydrogen-bond acceptors (Lipinski definition) is 6. The van der Waals surface area contributed by atoms with Crippen LogP contribution in [0.25, 0.3) is 0 Å². The van der Waals surface area contributed by atoms with Crippen molar-refractivity contribution < 1.29 is 23.9 Å². The predicted molar refractivity (Wildman–Crippen MR) is 138 cm³/mol. The number of hydrogen-bond donors (Lipinski definition) is 3. The van der Waals surface area contributed by atoms with E-state index in [1.165, 1.54) is 12.8 Å². The molecule has 0 bridgehead atoms. The molecule has 0 aliphatic carbocycles. The van der Waals surface area contributed by atoms with Crippen LogP contribution in [0.5, 0.6) is 5.75 Å². The van der Waals surface area contributed by atoms with Crippen LogP contribution in [0.2, 0.25) is 0 Å². The van der Waals surface area contributed by atoms with Crippen molar-refractivity contribution in [3.8, 4) is 5.75 Å². The highest BCUT2D eigenvalue weighted by atomic mass is 32.1. The van der Waals surface area contributed by atoms with Crippen molar-refractivity contribution in [3.05, 3.63) is 65.7 Å². The Morgan fingerprint density at radius 1 is 0.857 bits per heavy atom. The van der Waals surface area contributed by atoms with Gasteiger partial charge in [0, 0.05) is 18.4 Å². The Morgan fingerprint density at radius 3 is 2.31 bits per heavy atom. The molecule has 8 nitrogen and oxygen atoms in total. The van der Waals surface area contributed by atoms with E-state index >= 15 is 0 Å². The number of esters is 1. The van der Waals surface area contributed by atoms with E-state index in [0.717, 1.165) is 18.4 Å². The number of rotatable bonds is 13. The van der Waals surface area contributed by atoms with Gasteiger partial charge in [-0.2, -0.15) is 0 Å². The molecular formula is C26H33N3O5S. The number of amides is 2. The van der Waals surface area contributed by atoms with Crippen LogP contribution >= 0.6 is 12.2 Å². The van der Waals surface area contributed by atoms with Gasteiger partial charge in [-0.1, -0.05) is 56.5 Å². The van der Waals surface area contributed by atoms with Crippen molar-refractivity contribution in [2.45, 2.75) is 51.9 Å². The van der Waals surface area contributed by atoms with Crippen LogP contribution < -0.4 is 20.9 Å². The second-order valence-electron chi connectivity index (χ2n) is 7.85. The average molecular weight is 500 g/mol. The summed E-state index contributed by atoms with van der Waals surface area (Å²) in [5, 5.41) is 2.33. The number of carbonyl (C=O) groups is 3. The van der Waals surface area contributed by atoms with Gasteiger partial charge in [0.25, 0.3) is 5.91 Å². The number of benzene rings is 2. The third-order valence-electron chi connectivity index (χ3n) is 4.98. The lowest BCUT2D eigenvalue weighted by molar-refractivity contribution is -0.144. The maximum Gasteiger partial charge on any atom is 0.306 e. The minimum atomic E-state index is -0.461. The lowest BCUT2D eigenvalue weighted by Gasteiger charge is -2.11. The third kappa shape index (κ3) is 12.0. The quantitative estimate of drug-likeness (QED) is 0.166. The fourth-order valence-corrected chi connectivity index (χ4v) is 3.21. The summed E-state index contributed by atoms with van der Waals surface area (Å²) >= 11 is 5.01. The number of carbonyl (C=O) groups excluding carboxylic acids is 3. The molecule has 0 radical (unpaired) electrons. The van der Waals surface area contributed by atoms with Crippen molar-refractivity contribution in [1.29, 1.82) is 0 Å². The van der Waals surface area contributed by atoms with E-state index in [0.29, 0.717) is 24.3 Å². The lowest BCUT2D eigenvalue weighted by atomic mass is 10.2. The molecule has 0 atom stereocenters. The first-order valence-electron chi connectivity index (χ1n) is 11.8. The van der Waals surface area contributed by atoms with E-state index in [2.05, 4.69) is 23.1 Å². The molecule has 0 heterocycles. The minimum absolute atomic E-state index is 0.0668. The monoisotopic (exact) mass is 499 g/mol. The summed E-state index contributed by atoms with van der Waals surface area (Å²) < 4.78 is 10.8. The van der Waals surface area contributed by atoms with Crippen LogP contribution in [0.3, 0.4) is 0 Å². The first-order chi connectivity index (χ1) is 17.0. The zero-order chi connectivity index (χ0) is 25.3. The number of thiocarbonyl (C=S) groups is 1. The number of nitrogens with one attached hydrogen (secondary N) is 3. The van der Waals surface area contributed by atoms with E-state index in [4.69, 9.17) is 21.7 Å². The maximum atomic E-state index is 12.2. The van der Waals surface area contributed by atoms with Crippen LogP contribution in [0.1, 0.15) is 61.4 Å². The fourth-order valence-electron chi connectivity index (χ4n) is 3.04. The molecule has 0 saturated carbocycles. The summed E-state index contributed by atoms with van der Waals surface area (Å²) in [6, 6.07) is 16.4. The first kappa shape index (κ1) is 27.8. The van der Waals surface area contributed by atoms with E-state index in [1.54, 1.807) is 24.3 Å². The molecule has 2 aromatic carbocycles. The van der Waals surface area contributed by atoms with Gasteiger partial charge in [-0.15, -0.1) is 0 Å². The predicted octanol–water partition coefficient (Wildman–Crippen LogP) is 3.85. The highest BCUT2D eigenvalue weighted by molar-refractivity contribution is 7.80. The molecule has 2 rings (SSSR count). The molecule has 0 aliphatic rings. The topological polar surface area (TPSA) is 106 Å². The van der Waals surface area contributed by atoms with Gasteiger partial charge in [0.2, 0.25) is 5.91 Å². The summed E-state index contributed by atoms with van der Waals surface area (Å²) in [6.45, 7) is 3.06. The average Bonchev–Trinajstić information content (AvgIpc) is 2.87. The Hall–Kier alpha value is -3.46. The molecule has 0 fully saturated rings. The van der Waals surface area contributed by atoms with Crippen LogP contribution in [-0.2, 0) is 20.7 Å². The molecule has 0 saturated heterocycles. The Kier molecular flexibility index (Phi) is 12.9. The van der Waals surface area contributed by atoms with Crippen molar-refractivity contribution >= 4 is 35.1 Å². The summed E-state index contributed by atoms with van der Waals surface area (Å²) in [7, 11) is 0. The van der Waals surface area contributed by atoms with Crippen LogP contribution in [0.15, 0.2) is 54.6 Å². The van der Waals surface area contributed by atoms with Crippen LogP contribution in [0.4, 0.5) is 0 Å². The molecule has 3 N–H and O–H groups in total. The zero-order valence-corrected chi connectivity index (χ0v) is 20.8. The van der Waals surface area contributed by atoms with Crippen molar-refractivity contribution in [1.82, 2.24) is 16.2 Å². The summed E-state index contributed by atoms with van der Waals surface area (Å²) in [5.74, 6) is -0.640. The first-order valence-corrected chi connectivity index (χ1v) is 12.2. The van der Waals surface area contributed by atoms with E-state index in [1.807, 2.05) is 30.3 Å². The standard InChI is InChI=1S/C26H33N3O5S/c1-2-3-4-8-18-33-22-13-11-21(12-14-22)25(32)28-29-26(35)27-23(30)15-16-24(31)34-19-17-20-9-6-5-7-10-20/h5-7,9-14H,2-4,8,15-19H2,1H3,(H,28,32)(H2,27,29,30,35). The highest BCUT2D eigenvalue weighted by Crippen LogP contribution is 2.13. The summed E-state index contributed by atoms with van der Waals surface area (Å²) in [4.78, 5) is 36.0. The Bertz CT molecular complexity index is 951. The molecule has 35 heavy (non-hydrogen) atoms. The molecule has 9 heteroatoms. The Labute approximate surface area is 211 Å². The van der Waals surface area contributed by atoms with Gasteiger partial charge in [-0.3, -0.25) is 25.2 Å². The van der Waals surface area contributed by atoms with E-state index in [9.17, 15) is 14.4 Å². The number of ether oxygens (including phenoxy) is 2. The molecule has 2 amide bonds. The van der Waals surface area contributed by atoms with E-state index < -0.39 is 17.8 Å². The second-order valence-corrected chi connectivity index (χ2v) is 8.25. The number of unbranched alkanes of at least 4 members (excludes halogenated alkanes) is 3. The van der Waals surface area contributed by atoms with Gasteiger partial charge in [0.15, 0.2) is 5.11 Å². The molecule has 0 unspecified atom stereocenters. The van der Waals surface area contributed by atoms with Gasteiger partial charge < -0.3 is 14.8 Å². The molecular weight excluding hydrogens is 466 g/mol. The summed E-state index contributed by atoms with van der Waals surface area (Å²) in [5.41, 5.74) is 6.37. The van der Waals surface area contributed by atoms with Gasteiger partial charge >= 0.3 is 5.97 Å². The smallest absolute Gasteiger partial charge is 0.306 e. The SMILES string of the molecule is CCCCCCOc1ccc(C(=O)NNC(=S)NC(=O)CCC(=O)OCCc2ccccc2)cc1. The molecule has 0 aliphatic heterocycles. The Balaban J connectivity index is 1.59. The largest absolute Gasteiger partial charge is 0.494 e. The highest BCUT2D eigenvalue weighted by Gasteiger charge is 2.11. The zero-order valence-electron chi connectivity index (χ0n) is 20.0. The maximum absolute atomic E-state index is 12.2. The molecule has 188 valence electrons. The van der Waals surface area contributed by atoms with E-state index in [-0.39, 0.29) is 24.6 Å². The fraction of sp³-hybridized carbons (Fsp3) is 0.385. The molecule has 0 spiro atoms. The third-order valence-corrected chi connectivity index (χ3v) is 5.18. The molecule has 0 aromatic heterocycles.